The lowest BCUT2D eigenvalue weighted by Gasteiger charge is -2.07. The molecule has 0 aromatic carbocycles. The molecule has 0 heterocycles. The van der Waals surface area contributed by atoms with Crippen molar-refractivity contribution >= 4 is 21.7 Å². The topological polar surface area (TPSA) is 54.4 Å². The molecule has 0 aromatic heterocycles. The van der Waals surface area contributed by atoms with E-state index in [2.05, 4.69) is 0 Å². The molecule has 0 saturated carbocycles. The standard InChI is InChI=1S/C5H11ClO3S/c1-2-5(3-4-6)10(7,8)9/h5H,2-4H2,1H3,(H,7,8,9)/t5-/m1/s1. The van der Waals surface area contributed by atoms with Crippen LogP contribution < -0.4 is 0 Å². The molecule has 0 aromatic rings. The van der Waals surface area contributed by atoms with E-state index in [-0.39, 0.29) is 5.88 Å². The summed E-state index contributed by atoms with van der Waals surface area (Å²) in [6.45, 7) is 1.70. The van der Waals surface area contributed by atoms with Gasteiger partial charge < -0.3 is 0 Å². The molecule has 1 atom stereocenters. The van der Waals surface area contributed by atoms with E-state index >= 15 is 0 Å². The van der Waals surface area contributed by atoms with Crippen LogP contribution in [-0.2, 0) is 10.1 Å². The van der Waals surface area contributed by atoms with Crippen molar-refractivity contribution in [1.82, 2.24) is 0 Å². The van der Waals surface area contributed by atoms with Gasteiger partial charge in [-0.05, 0) is 12.8 Å². The Kier molecular flexibility index (Phi) is 4.24. The minimum absolute atomic E-state index is 0.262. The van der Waals surface area contributed by atoms with Crippen molar-refractivity contribution in [3.63, 3.8) is 0 Å². The van der Waals surface area contributed by atoms with Gasteiger partial charge in [0.2, 0.25) is 0 Å². The fraction of sp³-hybridized carbons (Fsp3) is 1.00. The van der Waals surface area contributed by atoms with Crippen molar-refractivity contribution in [2.45, 2.75) is 25.0 Å². The minimum Gasteiger partial charge on any atom is -0.285 e. The van der Waals surface area contributed by atoms with Crippen molar-refractivity contribution in [2.75, 3.05) is 5.88 Å². The van der Waals surface area contributed by atoms with Gasteiger partial charge in [0.05, 0.1) is 5.25 Å². The summed E-state index contributed by atoms with van der Waals surface area (Å²) in [5.41, 5.74) is 0. The summed E-state index contributed by atoms with van der Waals surface area (Å²) in [6, 6.07) is 0. The summed E-state index contributed by atoms with van der Waals surface area (Å²) in [5.74, 6) is 0.262. The largest absolute Gasteiger partial charge is 0.285 e. The molecule has 0 fully saturated rings. The first-order valence-corrected chi connectivity index (χ1v) is 5.08. The Morgan fingerprint density at radius 2 is 2.10 bits per heavy atom. The fourth-order valence-corrected chi connectivity index (χ4v) is 1.92. The van der Waals surface area contributed by atoms with Crippen LogP contribution in [0.25, 0.3) is 0 Å². The Bertz CT molecular complexity index is 175. The number of rotatable bonds is 4. The number of halogens is 1. The smallest absolute Gasteiger partial charge is 0.267 e. The van der Waals surface area contributed by atoms with Crippen molar-refractivity contribution in [3.8, 4) is 0 Å². The first kappa shape index (κ1) is 10.2. The summed E-state index contributed by atoms with van der Waals surface area (Å²) in [5, 5.41) is -0.690. The van der Waals surface area contributed by atoms with E-state index in [0.29, 0.717) is 12.8 Å². The van der Waals surface area contributed by atoms with Gasteiger partial charge in [-0.25, -0.2) is 0 Å². The van der Waals surface area contributed by atoms with Crippen LogP contribution in [0.15, 0.2) is 0 Å². The molecule has 0 rings (SSSR count). The summed E-state index contributed by atoms with van der Waals surface area (Å²) in [7, 11) is -3.86. The van der Waals surface area contributed by atoms with Gasteiger partial charge in [0.1, 0.15) is 0 Å². The molecule has 0 aliphatic heterocycles. The summed E-state index contributed by atoms with van der Waals surface area (Å²) in [6.07, 6.45) is 0.725. The quantitative estimate of drug-likeness (QED) is 0.532. The van der Waals surface area contributed by atoms with Crippen LogP contribution in [0, 0.1) is 0 Å². The van der Waals surface area contributed by atoms with Crippen LogP contribution in [0.1, 0.15) is 19.8 Å². The average Bonchev–Trinajstić information content (AvgIpc) is 1.80. The van der Waals surface area contributed by atoms with Gasteiger partial charge >= 0.3 is 0 Å². The lowest BCUT2D eigenvalue weighted by atomic mass is 10.3. The first-order chi connectivity index (χ1) is 4.52. The van der Waals surface area contributed by atoms with E-state index in [1.165, 1.54) is 0 Å². The van der Waals surface area contributed by atoms with E-state index in [1.54, 1.807) is 6.92 Å². The molecule has 0 saturated heterocycles. The summed E-state index contributed by atoms with van der Waals surface area (Å²) >= 11 is 5.31. The normalized spacial score (nSPS) is 15.1. The fourth-order valence-electron chi connectivity index (χ4n) is 0.685. The molecule has 10 heavy (non-hydrogen) atoms. The zero-order valence-electron chi connectivity index (χ0n) is 5.75. The number of hydrogen-bond acceptors (Lipinski definition) is 2. The second-order valence-electron chi connectivity index (χ2n) is 2.02. The Morgan fingerprint density at radius 1 is 1.60 bits per heavy atom. The highest BCUT2D eigenvalue weighted by Gasteiger charge is 2.19. The highest BCUT2D eigenvalue weighted by Crippen LogP contribution is 2.08. The maximum absolute atomic E-state index is 10.4. The molecule has 5 heteroatoms. The van der Waals surface area contributed by atoms with E-state index < -0.39 is 15.4 Å². The molecule has 0 radical (unpaired) electrons. The predicted molar refractivity (Wildman–Crippen MR) is 41.0 cm³/mol. The van der Waals surface area contributed by atoms with Crippen molar-refractivity contribution < 1.29 is 13.0 Å². The van der Waals surface area contributed by atoms with Gasteiger partial charge in [0.25, 0.3) is 10.1 Å². The number of hydrogen-bond donors (Lipinski definition) is 1. The molecule has 0 aliphatic carbocycles. The molecule has 1 N–H and O–H groups in total. The Balaban J connectivity index is 4.08. The van der Waals surface area contributed by atoms with Crippen LogP contribution in [0.2, 0.25) is 0 Å². The monoisotopic (exact) mass is 186 g/mol. The van der Waals surface area contributed by atoms with Crippen LogP contribution >= 0.6 is 11.6 Å². The van der Waals surface area contributed by atoms with E-state index in [1.807, 2.05) is 0 Å². The molecule has 0 unspecified atom stereocenters. The van der Waals surface area contributed by atoms with Crippen molar-refractivity contribution in [3.05, 3.63) is 0 Å². The SMILES string of the molecule is CC[C@H](CCCl)S(=O)(=O)O. The highest BCUT2D eigenvalue weighted by molar-refractivity contribution is 7.86. The molecule has 0 amide bonds. The Labute approximate surface area is 66.1 Å². The third-order valence-electron chi connectivity index (χ3n) is 1.31. The first-order valence-electron chi connectivity index (χ1n) is 3.04. The maximum Gasteiger partial charge on any atom is 0.267 e. The van der Waals surface area contributed by atoms with E-state index in [0.717, 1.165) is 0 Å². The molecule has 0 spiro atoms. The van der Waals surface area contributed by atoms with E-state index in [9.17, 15) is 8.42 Å². The van der Waals surface area contributed by atoms with Crippen LogP contribution in [0.3, 0.4) is 0 Å². The molecular weight excluding hydrogens is 176 g/mol. The van der Waals surface area contributed by atoms with Crippen LogP contribution in [-0.4, -0.2) is 24.1 Å². The van der Waals surface area contributed by atoms with Gasteiger partial charge in [-0.15, -0.1) is 11.6 Å². The molecule has 62 valence electrons. The summed E-state index contributed by atoms with van der Waals surface area (Å²) < 4.78 is 29.4. The van der Waals surface area contributed by atoms with Crippen molar-refractivity contribution in [1.29, 1.82) is 0 Å². The van der Waals surface area contributed by atoms with Gasteiger partial charge in [-0.1, -0.05) is 6.92 Å². The molecule has 0 bridgehead atoms. The number of alkyl halides is 1. The minimum atomic E-state index is -3.86. The molecular formula is C5H11ClO3S. The lowest BCUT2D eigenvalue weighted by molar-refractivity contribution is 0.462. The maximum atomic E-state index is 10.4. The average molecular weight is 187 g/mol. The van der Waals surface area contributed by atoms with Gasteiger partial charge in [0, 0.05) is 5.88 Å². The molecule has 3 nitrogen and oxygen atoms in total. The van der Waals surface area contributed by atoms with Gasteiger partial charge in [0.15, 0.2) is 0 Å². The van der Waals surface area contributed by atoms with Crippen molar-refractivity contribution in [2.24, 2.45) is 0 Å². The second-order valence-corrected chi connectivity index (χ2v) is 4.10. The third-order valence-corrected chi connectivity index (χ3v) is 2.94. The highest BCUT2D eigenvalue weighted by atomic mass is 35.5. The Hall–Kier alpha value is 0.200. The van der Waals surface area contributed by atoms with Gasteiger partial charge in [-0.2, -0.15) is 8.42 Å². The lowest BCUT2D eigenvalue weighted by Crippen LogP contribution is -2.19. The summed E-state index contributed by atoms with van der Waals surface area (Å²) in [4.78, 5) is 0. The van der Waals surface area contributed by atoms with E-state index in [4.69, 9.17) is 16.2 Å². The zero-order valence-corrected chi connectivity index (χ0v) is 7.32. The zero-order chi connectivity index (χ0) is 8.20. The Morgan fingerprint density at radius 3 is 2.20 bits per heavy atom. The van der Waals surface area contributed by atoms with Gasteiger partial charge in [-0.3, -0.25) is 4.55 Å². The molecule has 0 aliphatic rings. The third kappa shape index (κ3) is 3.39. The predicted octanol–water partition coefficient (Wildman–Crippen LogP) is 1.28. The van der Waals surface area contributed by atoms with Crippen LogP contribution in [0.5, 0.6) is 0 Å². The second kappa shape index (κ2) is 4.16. The van der Waals surface area contributed by atoms with Crippen LogP contribution in [0.4, 0.5) is 0 Å².